The molecule has 6 heteroatoms. The first-order chi connectivity index (χ1) is 9.77. The van der Waals surface area contributed by atoms with Crippen LogP contribution in [-0.2, 0) is 4.79 Å². The van der Waals surface area contributed by atoms with Crippen LogP contribution in [0, 0.1) is 11.3 Å². The van der Waals surface area contributed by atoms with Gasteiger partial charge in [-0.1, -0.05) is 6.07 Å². The number of Topliss-reactive ketones (excluding diaryl/α,β-unsaturated/α-hetero) is 1. The molecule has 3 N–H and O–H groups in total. The molecule has 0 aliphatic carbocycles. The highest BCUT2D eigenvalue weighted by atomic mass is 16.1. The number of carbonyl (C=O) groups excluding carboxylic acids is 1. The van der Waals surface area contributed by atoms with E-state index in [0.717, 1.165) is 18.8 Å². The zero-order valence-corrected chi connectivity index (χ0v) is 11.4. The quantitative estimate of drug-likeness (QED) is 0.619. The van der Waals surface area contributed by atoms with Crippen LogP contribution in [0.15, 0.2) is 24.4 Å². The van der Waals surface area contributed by atoms with Gasteiger partial charge in [0.1, 0.15) is 5.82 Å². The molecule has 0 unspecified atom stereocenters. The molecule has 1 aromatic rings. The molecule has 0 bridgehead atoms. The Morgan fingerprint density at radius 1 is 1.50 bits per heavy atom. The highest BCUT2D eigenvalue weighted by Gasteiger charge is 2.40. The monoisotopic (exact) mass is 273 g/mol. The molecule has 1 aromatic heterocycles. The fourth-order valence-corrected chi connectivity index (χ4v) is 2.24. The Labute approximate surface area is 118 Å². The van der Waals surface area contributed by atoms with E-state index in [1.54, 1.807) is 6.20 Å². The van der Waals surface area contributed by atoms with Gasteiger partial charge in [-0.25, -0.2) is 4.98 Å². The maximum atomic E-state index is 12.1. The van der Waals surface area contributed by atoms with Crippen molar-refractivity contribution in [3.63, 3.8) is 0 Å². The predicted octanol–water partition coefficient (Wildman–Crippen LogP) is 0.298. The Morgan fingerprint density at radius 2 is 2.40 bits per heavy atom. The standard InChI is InChI=1S/C14H19N5O/c15-11-14(5-3-7-19-14)12(20)10-16-8-9-18-13-4-1-2-6-17-13/h1-2,4,6,16,19H,3,5,7-10H2,(H,17,18)/t14-/m0/s1. The van der Waals surface area contributed by atoms with Gasteiger partial charge < -0.3 is 10.6 Å². The number of nitrogens with zero attached hydrogens (tertiary/aromatic N) is 2. The fraction of sp³-hybridized carbons (Fsp3) is 0.500. The summed E-state index contributed by atoms with van der Waals surface area (Å²) in [5, 5.41) is 18.4. The zero-order chi connectivity index (χ0) is 14.3. The summed E-state index contributed by atoms with van der Waals surface area (Å²) >= 11 is 0. The molecule has 1 saturated heterocycles. The zero-order valence-electron chi connectivity index (χ0n) is 11.4. The molecular formula is C14H19N5O. The van der Waals surface area contributed by atoms with Crippen LogP contribution in [0.3, 0.4) is 0 Å². The number of nitriles is 1. The van der Waals surface area contributed by atoms with Crippen molar-refractivity contribution in [2.45, 2.75) is 18.4 Å². The van der Waals surface area contributed by atoms with Crippen molar-refractivity contribution in [2.75, 3.05) is 31.5 Å². The molecule has 1 aliphatic heterocycles. The van der Waals surface area contributed by atoms with Crippen LogP contribution >= 0.6 is 0 Å². The van der Waals surface area contributed by atoms with Gasteiger partial charge >= 0.3 is 0 Å². The average Bonchev–Trinajstić information content (AvgIpc) is 2.98. The van der Waals surface area contributed by atoms with Gasteiger partial charge in [0.05, 0.1) is 12.6 Å². The second-order valence-electron chi connectivity index (χ2n) is 4.79. The van der Waals surface area contributed by atoms with Crippen LogP contribution in [0.25, 0.3) is 0 Å². The Morgan fingerprint density at radius 3 is 3.05 bits per heavy atom. The van der Waals surface area contributed by atoms with E-state index >= 15 is 0 Å². The van der Waals surface area contributed by atoms with Crippen LogP contribution < -0.4 is 16.0 Å². The third kappa shape index (κ3) is 3.53. The van der Waals surface area contributed by atoms with Crippen molar-refractivity contribution >= 4 is 11.6 Å². The first-order valence-corrected chi connectivity index (χ1v) is 6.82. The molecule has 106 valence electrons. The summed E-state index contributed by atoms with van der Waals surface area (Å²) in [5.41, 5.74) is -0.971. The summed E-state index contributed by atoms with van der Waals surface area (Å²) in [6.45, 7) is 2.27. The van der Waals surface area contributed by atoms with Gasteiger partial charge in [-0.2, -0.15) is 5.26 Å². The molecule has 0 saturated carbocycles. The SMILES string of the molecule is N#C[C@]1(C(=O)CNCCNc2ccccn2)CCCN1. The summed E-state index contributed by atoms with van der Waals surface area (Å²) in [5.74, 6) is 0.738. The maximum absolute atomic E-state index is 12.1. The summed E-state index contributed by atoms with van der Waals surface area (Å²) in [4.78, 5) is 16.2. The molecule has 1 aliphatic rings. The number of ketones is 1. The number of hydrogen-bond donors (Lipinski definition) is 3. The van der Waals surface area contributed by atoms with E-state index in [-0.39, 0.29) is 12.3 Å². The molecule has 20 heavy (non-hydrogen) atoms. The molecule has 1 fully saturated rings. The Kier molecular flexibility index (Phi) is 5.04. The lowest BCUT2D eigenvalue weighted by molar-refractivity contribution is -0.122. The summed E-state index contributed by atoms with van der Waals surface area (Å²) in [7, 11) is 0. The van der Waals surface area contributed by atoms with E-state index in [0.29, 0.717) is 19.5 Å². The fourth-order valence-electron chi connectivity index (χ4n) is 2.24. The number of nitrogens with one attached hydrogen (secondary N) is 3. The minimum Gasteiger partial charge on any atom is -0.369 e. The van der Waals surface area contributed by atoms with Crippen molar-refractivity contribution in [3.05, 3.63) is 24.4 Å². The van der Waals surface area contributed by atoms with E-state index in [1.807, 2.05) is 18.2 Å². The summed E-state index contributed by atoms with van der Waals surface area (Å²) < 4.78 is 0. The van der Waals surface area contributed by atoms with Gasteiger partial charge in [-0.15, -0.1) is 0 Å². The van der Waals surface area contributed by atoms with Crippen molar-refractivity contribution < 1.29 is 4.79 Å². The molecule has 2 heterocycles. The van der Waals surface area contributed by atoms with Crippen LogP contribution in [0.1, 0.15) is 12.8 Å². The third-order valence-corrected chi connectivity index (χ3v) is 3.38. The second kappa shape index (κ2) is 6.98. The van der Waals surface area contributed by atoms with Gasteiger partial charge in [0.25, 0.3) is 0 Å². The van der Waals surface area contributed by atoms with Crippen LogP contribution in [0.5, 0.6) is 0 Å². The molecule has 1 atom stereocenters. The minimum atomic E-state index is -0.971. The lowest BCUT2D eigenvalue weighted by atomic mass is 9.94. The molecule has 0 amide bonds. The molecule has 6 nitrogen and oxygen atoms in total. The van der Waals surface area contributed by atoms with E-state index in [4.69, 9.17) is 5.26 Å². The normalized spacial score (nSPS) is 21.4. The van der Waals surface area contributed by atoms with Crippen LogP contribution in [-0.4, -0.2) is 42.5 Å². The van der Waals surface area contributed by atoms with Crippen molar-refractivity contribution in [3.8, 4) is 6.07 Å². The molecular weight excluding hydrogens is 254 g/mol. The van der Waals surface area contributed by atoms with Crippen molar-refractivity contribution in [1.82, 2.24) is 15.6 Å². The van der Waals surface area contributed by atoms with Crippen LogP contribution in [0.4, 0.5) is 5.82 Å². The number of aromatic nitrogens is 1. The largest absolute Gasteiger partial charge is 0.369 e. The number of pyridine rings is 1. The van der Waals surface area contributed by atoms with Crippen molar-refractivity contribution in [2.24, 2.45) is 0 Å². The third-order valence-electron chi connectivity index (χ3n) is 3.38. The molecule has 0 radical (unpaired) electrons. The second-order valence-corrected chi connectivity index (χ2v) is 4.79. The lowest BCUT2D eigenvalue weighted by Gasteiger charge is -2.19. The van der Waals surface area contributed by atoms with E-state index < -0.39 is 5.54 Å². The predicted molar refractivity (Wildman–Crippen MR) is 76.2 cm³/mol. The van der Waals surface area contributed by atoms with Gasteiger partial charge in [0.2, 0.25) is 0 Å². The Hall–Kier alpha value is -1.97. The molecule has 2 rings (SSSR count). The maximum Gasteiger partial charge on any atom is 0.181 e. The minimum absolute atomic E-state index is 0.0738. The number of rotatable bonds is 7. The number of hydrogen-bond acceptors (Lipinski definition) is 6. The number of anilines is 1. The number of carbonyl (C=O) groups is 1. The topological polar surface area (TPSA) is 89.8 Å². The lowest BCUT2D eigenvalue weighted by Crippen LogP contribution is -2.50. The Bertz CT molecular complexity index is 476. The van der Waals surface area contributed by atoms with Gasteiger partial charge in [-0.3, -0.25) is 10.1 Å². The highest BCUT2D eigenvalue weighted by Crippen LogP contribution is 2.18. The summed E-state index contributed by atoms with van der Waals surface area (Å²) in [6.07, 6.45) is 3.21. The van der Waals surface area contributed by atoms with E-state index in [9.17, 15) is 4.79 Å². The highest BCUT2D eigenvalue weighted by molar-refractivity contribution is 5.93. The first-order valence-electron chi connectivity index (χ1n) is 6.82. The van der Waals surface area contributed by atoms with Crippen molar-refractivity contribution in [1.29, 1.82) is 5.26 Å². The first kappa shape index (κ1) is 14.4. The van der Waals surface area contributed by atoms with Crippen LogP contribution in [0.2, 0.25) is 0 Å². The summed E-state index contributed by atoms with van der Waals surface area (Å²) in [6, 6.07) is 7.78. The molecule has 0 spiro atoms. The smallest absolute Gasteiger partial charge is 0.181 e. The van der Waals surface area contributed by atoms with E-state index in [1.165, 1.54) is 0 Å². The van der Waals surface area contributed by atoms with Gasteiger partial charge in [0.15, 0.2) is 11.3 Å². The van der Waals surface area contributed by atoms with E-state index in [2.05, 4.69) is 27.0 Å². The Balaban J connectivity index is 1.66. The van der Waals surface area contributed by atoms with Gasteiger partial charge in [0, 0.05) is 19.3 Å². The van der Waals surface area contributed by atoms with Gasteiger partial charge in [-0.05, 0) is 31.5 Å². The molecule has 0 aromatic carbocycles. The average molecular weight is 273 g/mol.